The van der Waals surface area contributed by atoms with Crippen molar-refractivity contribution in [3.05, 3.63) is 23.8 Å². The summed E-state index contributed by atoms with van der Waals surface area (Å²) in [5.74, 6) is 1.22. The van der Waals surface area contributed by atoms with Gasteiger partial charge in [0.2, 0.25) is 5.91 Å². The molecule has 1 rings (SSSR count). The number of guanidine groups is 1. The van der Waals surface area contributed by atoms with Crippen LogP contribution in [0.3, 0.4) is 0 Å². The van der Waals surface area contributed by atoms with Gasteiger partial charge < -0.3 is 25.4 Å². The van der Waals surface area contributed by atoms with Crippen LogP contribution >= 0.6 is 24.0 Å². The van der Waals surface area contributed by atoms with Crippen LogP contribution in [-0.4, -0.2) is 45.8 Å². The number of hydrogen-bond acceptors (Lipinski definition) is 4. The Morgan fingerprint density at radius 1 is 1.28 bits per heavy atom. The van der Waals surface area contributed by atoms with Gasteiger partial charge in [0, 0.05) is 40.3 Å². The van der Waals surface area contributed by atoms with E-state index in [4.69, 9.17) is 9.47 Å². The number of anilines is 1. The fourth-order valence-corrected chi connectivity index (χ4v) is 2.08. The van der Waals surface area contributed by atoms with Crippen LogP contribution in [-0.2, 0) is 16.1 Å². The molecule has 0 fully saturated rings. The van der Waals surface area contributed by atoms with Crippen LogP contribution in [0.5, 0.6) is 5.75 Å². The van der Waals surface area contributed by atoms with Crippen molar-refractivity contribution in [1.29, 1.82) is 0 Å². The molecule has 3 N–H and O–H groups in total. The number of hydrogen-bond donors (Lipinski definition) is 3. The van der Waals surface area contributed by atoms with Gasteiger partial charge in [-0.3, -0.25) is 9.79 Å². The van der Waals surface area contributed by atoms with Crippen LogP contribution in [0.4, 0.5) is 5.69 Å². The summed E-state index contributed by atoms with van der Waals surface area (Å²) in [5.41, 5.74) is 1.67. The van der Waals surface area contributed by atoms with Gasteiger partial charge in [-0.1, -0.05) is 6.07 Å². The third-order valence-electron chi connectivity index (χ3n) is 3.22. The normalized spacial score (nSPS) is 10.6. The molecule has 0 unspecified atom stereocenters. The van der Waals surface area contributed by atoms with Crippen LogP contribution in [0.15, 0.2) is 23.2 Å². The van der Waals surface area contributed by atoms with Crippen molar-refractivity contribution >= 4 is 41.5 Å². The van der Waals surface area contributed by atoms with E-state index in [1.807, 2.05) is 25.1 Å². The predicted molar refractivity (Wildman–Crippen MR) is 112 cm³/mol. The molecule has 0 heterocycles. The second-order valence-electron chi connectivity index (χ2n) is 5.12. The number of amides is 1. The summed E-state index contributed by atoms with van der Waals surface area (Å²) in [7, 11) is 3.31. The number of ether oxygens (including phenoxy) is 2. The van der Waals surface area contributed by atoms with Crippen LogP contribution in [0.1, 0.15) is 25.8 Å². The summed E-state index contributed by atoms with van der Waals surface area (Å²) in [6.07, 6.45) is 0.920. The minimum absolute atomic E-state index is 0. The van der Waals surface area contributed by atoms with Crippen molar-refractivity contribution in [3.63, 3.8) is 0 Å². The molecule has 0 radical (unpaired) electrons. The number of benzene rings is 1. The standard InChI is InChI=1S/C17H28N4O3.HI/c1-5-24-10-6-9-19-17(18-3)20-12-14-7-8-16(23-4)15(11-14)21-13(2)22;/h7-8,11H,5-6,9-10,12H2,1-4H3,(H,21,22)(H2,18,19,20);1H. The third kappa shape index (κ3) is 9.49. The Hall–Kier alpha value is -1.55. The van der Waals surface area contributed by atoms with Crippen LogP contribution in [0, 0.1) is 0 Å². The zero-order chi connectivity index (χ0) is 17.8. The van der Waals surface area contributed by atoms with E-state index >= 15 is 0 Å². The molecule has 0 spiro atoms. The Morgan fingerprint density at radius 2 is 2.04 bits per heavy atom. The van der Waals surface area contributed by atoms with Gasteiger partial charge >= 0.3 is 0 Å². The van der Waals surface area contributed by atoms with Crippen molar-refractivity contribution < 1.29 is 14.3 Å². The van der Waals surface area contributed by atoms with E-state index < -0.39 is 0 Å². The van der Waals surface area contributed by atoms with Crippen molar-refractivity contribution in [2.24, 2.45) is 4.99 Å². The quantitative estimate of drug-likeness (QED) is 0.226. The van der Waals surface area contributed by atoms with Crippen LogP contribution in [0.2, 0.25) is 0 Å². The summed E-state index contributed by atoms with van der Waals surface area (Å²) in [5, 5.41) is 9.24. The molecule has 0 bridgehead atoms. The average molecular weight is 464 g/mol. The first-order valence-corrected chi connectivity index (χ1v) is 8.07. The molecule has 142 valence electrons. The maximum absolute atomic E-state index is 11.3. The molecule has 0 aliphatic rings. The molecule has 0 atom stereocenters. The second-order valence-corrected chi connectivity index (χ2v) is 5.12. The topological polar surface area (TPSA) is 84.0 Å². The van der Waals surface area contributed by atoms with Crippen molar-refractivity contribution in [2.45, 2.75) is 26.8 Å². The predicted octanol–water partition coefficient (Wildman–Crippen LogP) is 2.36. The molecular weight excluding hydrogens is 435 g/mol. The zero-order valence-corrected chi connectivity index (χ0v) is 17.7. The van der Waals surface area contributed by atoms with Crippen LogP contribution < -0.4 is 20.7 Å². The van der Waals surface area contributed by atoms with E-state index in [1.165, 1.54) is 6.92 Å². The minimum Gasteiger partial charge on any atom is -0.495 e. The van der Waals surface area contributed by atoms with Gasteiger partial charge in [-0.15, -0.1) is 24.0 Å². The molecule has 8 heteroatoms. The number of carbonyl (C=O) groups is 1. The molecule has 0 saturated carbocycles. The van der Waals surface area contributed by atoms with Crippen molar-refractivity contribution in [1.82, 2.24) is 10.6 Å². The van der Waals surface area contributed by atoms with Gasteiger partial charge in [-0.2, -0.15) is 0 Å². The van der Waals surface area contributed by atoms with E-state index in [0.717, 1.165) is 37.7 Å². The summed E-state index contributed by atoms with van der Waals surface area (Å²) < 4.78 is 10.5. The molecule has 0 aliphatic carbocycles. The number of rotatable bonds is 9. The molecular formula is C17H29IN4O3. The number of aliphatic imine (C=N–C) groups is 1. The zero-order valence-electron chi connectivity index (χ0n) is 15.3. The van der Waals surface area contributed by atoms with Crippen molar-refractivity contribution in [3.8, 4) is 5.75 Å². The molecule has 1 aromatic carbocycles. The molecule has 0 aromatic heterocycles. The lowest BCUT2D eigenvalue weighted by molar-refractivity contribution is -0.114. The van der Waals surface area contributed by atoms with Gasteiger partial charge in [0.1, 0.15) is 5.75 Å². The molecule has 0 saturated heterocycles. The van der Waals surface area contributed by atoms with Crippen LogP contribution in [0.25, 0.3) is 0 Å². The van der Waals surface area contributed by atoms with Gasteiger partial charge in [0.15, 0.2) is 5.96 Å². The lowest BCUT2D eigenvalue weighted by atomic mass is 10.2. The number of carbonyl (C=O) groups excluding carboxylic acids is 1. The van der Waals surface area contributed by atoms with Gasteiger partial charge in [-0.25, -0.2) is 0 Å². The van der Waals surface area contributed by atoms with Crippen molar-refractivity contribution in [2.75, 3.05) is 39.2 Å². The van der Waals surface area contributed by atoms with E-state index in [-0.39, 0.29) is 29.9 Å². The smallest absolute Gasteiger partial charge is 0.221 e. The number of nitrogens with one attached hydrogen (secondary N) is 3. The first-order valence-electron chi connectivity index (χ1n) is 8.07. The fraction of sp³-hybridized carbons (Fsp3) is 0.529. The molecule has 25 heavy (non-hydrogen) atoms. The summed E-state index contributed by atoms with van der Waals surface area (Å²) in [6, 6.07) is 5.66. The summed E-state index contributed by atoms with van der Waals surface area (Å²) >= 11 is 0. The lowest BCUT2D eigenvalue weighted by Gasteiger charge is -2.14. The highest BCUT2D eigenvalue weighted by molar-refractivity contribution is 14.0. The van der Waals surface area contributed by atoms with E-state index in [9.17, 15) is 4.79 Å². The monoisotopic (exact) mass is 464 g/mol. The SMILES string of the molecule is CCOCCCNC(=NC)NCc1ccc(OC)c(NC(C)=O)c1.I. The Morgan fingerprint density at radius 3 is 2.64 bits per heavy atom. The van der Waals surface area contributed by atoms with Gasteiger partial charge in [0.25, 0.3) is 0 Å². The Balaban J connectivity index is 0.00000576. The molecule has 0 aliphatic heterocycles. The minimum atomic E-state index is -0.134. The highest BCUT2D eigenvalue weighted by Gasteiger charge is 2.06. The Labute approximate surface area is 167 Å². The van der Waals surface area contributed by atoms with Gasteiger partial charge in [-0.05, 0) is 31.0 Å². The fourth-order valence-electron chi connectivity index (χ4n) is 2.08. The molecule has 7 nitrogen and oxygen atoms in total. The third-order valence-corrected chi connectivity index (χ3v) is 3.22. The number of halogens is 1. The maximum Gasteiger partial charge on any atom is 0.221 e. The first-order chi connectivity index (χ1) is 11.6. The highest BCUT2D eigenvalue weighted by atomic mass is 127. The number of nitrogens with zero attached hydrogens (tertiary/aromatic N) is 1. The summed E-state index contributed by atoms with van der Waals surface area (Å²) in [4.78, 5) is 15.5. The maximum atomic E-state index is 11.3. The molecule has 1 amide bonds. The Bertz CT molecular complexity index is 553. The summed E-state index contributed by atoms with van der Waals surface area (Å²) in [6.45, 7) is 6.30. The average Bonchev–Trinajstić information content (AvgIpc) is 2.57. The van der Waals surface area contributed by atoms with E-state index in [2.05, 4.69) is 20.9 Å². The first kappa shape index (κ1) is 23.4. The lowest BCUT2D eigenvalue weighted by Crippen LogP contribution is -2.37. The molecule has 1 aromatic rings. The Kier molecular flexibility index (Phi) is 12.9. The second kappa shape index (κ2) is 13.7. The largest absolute Gasteiger partial charge is 0.495 e. The van der Waals surface area contributed by atoms with Gasteiger partial charge in [0.05, 0.1) is 12.8 Å². The van der Waals surface area contributed by atoms with E-state index in [0.29, 0.717) is 18.0 Å². The van der Waals surface area contributed by atoms with E-state index in [1.54, 1.807) is 14.2 Å². The highest BCUT2D eigenvalue weighted by Crippen LogP contribution is 2.25. The number of methoxy groups -OCH3 is 1.